The fraction of sp³-hybridized carbons (Fsp3) is 0.462. The van der Waals surface area contributed by atoms with Gasteiger partial charge in [0.25, 0.3) is 0 Å². The first-order valence-electron chi connectivity index (χ1n) is 5.88. The molecule has 0 radical (unpaired) electrons. The second kappa shape index (κ2) is 5.45. The highest BCUT2D eigenvalue weighted by atomic mass is 32.2. The first-order valence-corrected chi connectivity index (χ1v) is 6.76. The van der Waals surface area contributed by atoms with Gasteiger partial charge in [0.2, 0.25) is 0 Å². The normalized spacial score (nSPS) is 14.8. The highest BCUT2D eigenvalue weighted by Crippen LogP contribution is 2.39. The summed E-state index contributed by atoms with van der Waals surface area (Å²) in [6.07, 6.45) is 2.11. The topological polar surface area (TPSA) is 38.3 Å². The average Bonchev–Trinajstić information content (AvgIpc) is 3.00. The summed E-state index contributed by atoms with van der Waals surface area (Å²) < 4.78 is 5.03. The maximum absolute atomic E-state index is 11.4. The van der Waals surface area contributed by atoms with Gasteiger partial charge in [-0.1, -0.05) is 6.07 Å². The minimum absolute atomic E-state index is 0.0981. The zero-order valence-corrected chi connectivity index (χ0v) is 10.9. The molecule has 1 saturated carbocycles. The molecule has 2 rings (SSSR count). The Balaban J connectivity index is 1.92. The molecule has 3 nitrogen and oxygen atoms in total. The third kappa shape index (κ3) is 4.30. The maximum atomic E-state index is 11.4. The van der Waals surface area contributed by atoms with Crippen LogP contribution in [0, 0.1) is 0 Å². The molecule has 17 heavy (non-hydrogen) atoms. The lowest BCUT2D eigenvalue weighted by Crippen LogP contribution is -2.17. The monoisotopic (exact) mass is 251 g/mol. The molecule has 4 heteroatoms. The number of hydrogen-bond acceptors (Lipinski definition) is 3. The molecule has 0 aliphatic heterocycles. The zero-order chi connectivity index (χ0) is 12.3. The van der Waals surface area contributed by atoms with Crippen molar-refractivity contribution < 1.29 is 9.53 Å². The van der Waals surface area contributed by atoms with Crippen LogP contribution in [0.3, 0.4) is 0 Å². The molecule has 1 fully saturated rings. The van der Waals surface area contributed by atoms with Crippen LogP contribution in [0.1, 0.15) is 26.7 Å². The highest BCUT2D eigenvalue weighted by Gasteiger charge is 2.22. The highest BCUT2D eigenvalue weighted by molar-refractivity contribution is 8.00. The van der Waals surface area contributed by atoms with Crippen molar-refractivity contribution in [1.82, 2.24) is 0 Å². The SMILES string of the molecule is CC(C)OC(=O)Nc1cccc(SC2CC2)c1. The van der Waals surface area contributed by atoms with E-state index in [1.54, 1.807) is 0 Å². The number of thioether (sulfide) groups is 1. The molecular weight excluding hydrogens is 234 g/mol. The number of carbonyl (C=O) groups is 1. The number of anilines is 1. The lowest BCUT2D eigenvalue weighted by Gasteiger charge is -2.10. The van der Waals surface area contributed by atoms with Crippen molar-refractivity contribution in [2.45, 2.75) is 42.9 Å². The van der Waals surface area contributed by atoms with E-state index < -0.39 is 6.09 Å². The van der Waals surface area contributed by atoms with Gasteiger partial charge >= 0.3 is 6.09 Å². The lowest BCUT2D eigenvalue weighted by atomic mass is 10.3. The van der Waals surface area contributed by atoms with E-state index in [0.717, 1.165) is 10.9 Å². The molecule has 0 atom stereocenters. The van der Waals surface area contributed by atoms with Gasteiger partial charge < -0.3 is 4.74 Å². The van der Waals surface area contributed by atoms with Crippen molar-refractivity contribution in [2.75, 3.05) is 5.32 Å². The van der Waals surface area contributed by atoms with Gasteiger partial charge in [-0.25, -0.2) is 4.79 Å². The van der Waals surface area contributed by atoms with Gasteiger partial charge in [-0.2, -0.15) is 0 Å². The Kier molecular flexibility index (Phi) is 3.94. The van der Waals surface area contributed by atoms with Crippen LogP contribution in [0.4, 0.5) is 10.5 Å². The number of amides is 1. The number of ether oxygens (including phenoxy) is 1. The van der Waals surface area contributed by atoms with Crippen molar-refractivity contribution in [1.29, 1.82) is 0 Å². The molecule has 1 N–H and O–H groups in total. The average molecular weight is 251 g/mol. The Morgan fingerprint density at radius 1 is 1.47 bits per heavy atom. The molecule has 1 aromatic rings. The summed E-state index contributed by atoms with van der Waals surface area (Å²) in [4.78, 5) is 12.6. The molecule has 0 spiro atoms. The summed E-state index contributed by atoms with van der Waals surface area (Å²) in [7, 11) is 0. The minimum Gasteiger partial charge on any atom is -0.447 e. The van der Waals surface area contributed by atoms with E-state index in [9.17, 15) is 4.79 Å². The van der Waals surface area contributed by atoms with E-state index in [1.165, 1.54) is 17.7 Å². The molecular formula is C13H17NO2S. The van der Waals surface area contributed by atoms with Gasteiger partial charge in [-0.3, -0.25) is 5.32 Å². The van der Waals surface area contributed by atoms with E-state index in [1.807, 2.05) is 43.8 Å². The van der Waals surface area contributed by atoms with Gasteiger partial charge in [-0.15, -0.1) is 11.8 Å². The predicted molar refractivity (Wildman–Crippen MR) is 70.6 cm³/mol. The largest absolute Gasteiger partial charge is 0.447 e. The quantitative estimate of drug-likeness (QED) is 0.882. The Morgan fingerprint density at radius 3 is 2.88 bits per heavy atom. The Labute approximate surface area is 106 Å². The summed E-state index contributed by atoms with van der Waals surface area (Å²) in [5.74, 6) is 0. The van der Waals surface area contributed by atoms with Crippen LogP contribution in [0.15, 0.2) is 29.2 Å². The molecule has 92 valence electrons. The van der Waals surface area contributed by atoms with Crippen LogP contribution in [-0.4, -0.2) is 17.4 Å². The number of nitrogens with one attached hydrogen (secondary N) is 1. The summed E-state index contributed by atoms with van der Waals surface area (Å²) in [6.45, 7) is 3.66. The second-order valence-corrected chi connectivity index (χ2v) is 5.80. The number of benzene rings is 1. The molecule has 0 unspecified atom stereocenters. The lowest BCUT2D eigenvalue weighted by molar-refractivity contribution is 0.130. The van der Waals surface area contributed by atoms with Gasteiger partial charge in [0, 0.05) is 15.8 Å². The summed E-state index contributed by atoms with van der Waals surface area (Å²) in [5.41, 5.74) is 0.793. The number of carbonyl (C=O) groups excluding carboxylic acids is 1. The molecule has 0 bridgehead atoms. The van der Waals surface area contributed by atoms with Crippen LogP contribution in [0.25, 0.3) is 0 Å². The molecule has 1 aliphatic rings. The van der Waals surface area contributed by atoms with Crippen LogP contribution in [-0.2, 0) is 4.74 Å². The van der Waals surface area contributed by atoms with E-state index in [4.69, 9.17) is 4.74 Å². The van der Waals surface area contributed by atoms with E-state index >= 15 is 0 Å². The van der Waals surface area contributed by atoms with E-state index in [-0.39, 0.29) is 6.10 Å². The second-order valence-electron chi connectivity index (χ2n) is 4.42. The van der Waals surface area contributed by atoms with Crippen molar-refractivity contribution in [2.24, 2.45) is 0 Å². The van der Waals surface area contributed by atoms with Crippen LogP contribution < -0.4 is 5.32 Å². The maximum Gasteiger partial charge on any atom is 0.411 e. The van der Waals surface area contributed by atoms with Crippen LogP contribution >= 0.6 is 11.8 Å². The summed E-state index contributed by atoms with van der Waals surface area (Å²) >= 11 is 1.87. The van der Waals surface area contributed by atoms with Crippen molar-refractivity contribution in [3.8, 4) is 0 Å². The third-order valence-corrected chi connectivity index (χ3v) is 3.58. The molecule has 1 amide bonds. The number of rotatable bonds is 4. The smallest absolute Gasteiger partial charge is 0.411 e. The van der Waals surface area contributed by atoms with Gasteiger partial charge in [0.15, 0.2) is 0 Å². The fourth-order valence-electron chi connectivity index (χ4n) is 1.39. The van der Waals surface area contributed by atoms with Crippen molar-refractivity contribution in [3.63, 3.8) is 0 Å². The fourth-order valence-corrected chi connectivity index (χ4v) is 2.50. The third-order valence-electron chi connectivity index (χ3n) is 2.25. The van der Waals surface area contributed by atoms with E-state index in [0.29, 0.717) is 0 Å². The summed E-state index contributed by atoms with van der Waals surface area (Å²) in [5, 5.41) is 3.50. The number of hydrogen-bond donors (Lipinski definition) is 1. The first kappa shape index (κ1) is 12.3. The molecule has 0 saturated heterocycles. The Morgan fingerprint density at radius 2 is 2.24 bits per heavy atom. The standard InChI is InChI=1S/C13H17NO2S/c1-9(2)16-13(15)14-10-4-3-5-12(8-10)17-11-6-7-11/h3-5,8-9,11H,6-7H2,1-2H3,(H,14,15). The first-order chi connectivity index (χ1) is 8.13. The molecule has 0 heterocycles. The zero-order valence-electron chi connectivity index (χ0n) is 10.1. The minimum atomic E-state index is -0.395. The van der Waals surface area contributed by atoms with Crippen LogP contribution in [0.5, 0.6) is 0 Å². The van der Waals surface area contributed by atoms with Gasteiger partial charge in [-0.05, 0) is 44.9 Å². The van der Waals surface area contributed by atoms with Crippen molar-refractivity contribution >= 4 is 23.5 Å². The van der Waals surface area contributed by atoms with E-state index in [2.05, 4.69) is 11.4 Å². The Bertz CT molecular complexity index is 402. The van der Waals surface area contributed by atoms with Gasteiger partial charge in [0.05, 0.1) is 6.10 Å². The van der Waals surface area contributed by atoms with Crippen molar-refractivity contribution in [3.05, 3.63) is 24.3 Å². The Hall–Kier alpha value is -1.16. The van der Waals surface area contributed by atoms with Crippen LogP contribution in [0.2, 0.25) is 0 Å². The van der Waals surface area contributed by atoms with Gasteiger partial charge in [0.1, 0.15) is 0 Å². The summed E-state index contributed by atoms with van der Waals surface area (Å²) in [6, 6.07) is 7.89. The molecule has 1 aliphatic carbocycles. The molecule has 1 aromatic carbocycles. The predicted octanol–water partition coefficient (Wildman–Crippen LogP) is 3.90. The molecule has 0 aromatic heterocycles.